The fourth-order valence-electron chi connectivity index (χ4n) is 5.25. The van der Waals surface area contributed by atoms with Crippen LogP contribution >= 0.6 is 0 Å². The number of carbonyl (C=O) groups is 1. The Bertz CT molecular complexity index is 1160. The minimum atomic E-state index is 0.111. The number of aryl methyl sites for hydroxylation is 1. The minimum Gasteiger partial charge on any atom is -0.353 e. The molecule has 0 spiro atoms. The maximum absolute atomic E-state index is 12.8. The first-order valence-corrected chi connectivity index (χ1v) is 12.0. The van der Waals surface area contributed by atoms with Crippen LogP contribution < -0.4 is 9.80 Å². The first-order valence-electron chi connectivity index (χ1n) is 12.0. The Balaban J connectivity index is 1.49. The molecule has 3 aromatic rings. The number of rotatable bonds is 5. The predicted molar refractivity (Wildman–Crippen MR) is 135 cm³/mol. The van der Waals surface area contributed by atoms with Gasteiger partial charge in [-0.15, -0.1) is 0 Å². The minimum absolute atomic E-state index is 0.111. The number of carbonyl (C=O) groups excluding carboxylic acids is 1. The van der Waals surface area contributed by atoms with Gasteiger partial charge < -0.3 is 14.7 Å². The molecule has 0 bridgehead atoms. The molecule has 0 unspecified atom stereocenters. The summed E-state index contributed by atoms with van der Waals surface area (Å²) in [6.45, 7) is 5.79. The van der Waals surface area contributed by atoms with Crippen molar-refractivity contribution < 1.29 is 4.79 Å². The van der Waals surface area contributed by atoms with Gasteiger partial charge in [-0.25, -0.2) is 4.98 Å². The van der Waals surface area contributed by atoms with Crippen molar-refractivity contribution in [2.75, 3.05) is 37.0 Å². The van der Waals surface area contributed by atoms with Crippen molar-refractivity contribution in [1.82, 2.24) is 14.9 Å². The quantitative estimate of drug-likeness (QED) is 0.575. The van der Waals surface area contributed by atoms with E-state index in [2.05, 4.69) is 66.1 Å². The number of pyridine rings is 2. The SMILES string of the molecule is CC(=O)N(c1c(C)cnc2ccc(-c3ccc(N4CC(N(C)C)C4)nc3)cc12)C1CCCC1. The Hall–Kier alpha value is -2.99. The first-order chi connectivity index (χ1) is 15.9. The average Bonchev–Trinajstić information content (AvgIpc) is 3.28. The van der Waals surface area contributed by atoms with Crippen molar-refractivity contribution in [2.24, 2.45) is 0 Å². The molecule has 6 heteroatoms. The summed E-state index contributed by atoms with van der Waals surface area (Å²) in [4.78, 5) is 28.8. The Morgan fingerprint density at radius 3 is 2.33 bits per heavy atom. The van der Waals surface area contributed by atoms with Gasteiger partial charge in [0.1, 0.15) is 5.82 Å². The lowest BCUT2D eigenvalue weighted by molar-refractivity contribution is -0.117. The van der Waals surface area contributed by atoms with Crippen molar-refractivity contribution in [3.05, 3.63) is 48.3 Å². The highest BCUT2D eigenvalue weighted by Crippen LogP contribution is 2.37. The molecule has 2 aliphatic rings. The van der Waals surface area contributed by atoms with E-state index in [-0.39, 0.29) is 11.9 Å². The highest BCUT2D eigenvalue weighted by Gasteiger charge is 2.30. The zero-order valence-electron chi connectivity index (χ0n) is 20.1. The van der Waals surface area contributed by atoms with Gasteiger partial charge in [-0.1, -0.05) is 18.9 Å². The van der Waals surface area contributed by atoms with Crippen LogP contribution in [-0.2, 0) is 4.79 Å². The number of nitrogens with zero attached hydrogens (tertiary/aromatic N) is 5. The van der Waals surface area contributed by atoms with Gasteiger partial charge in [-0.05, 0) is 69.3 Å². The summed E-state index contributed by atoms with van der Waals surface area (Å²) in [6.07, 6.45) is 8.37. The molecular formula is C27H33N5O. The maximum Gasteiger partial charge on any atom is 0.224 e. The largest absolute Gasteiger partial charge is 0.353 e. The van der Waals surface area contributed by atoms with Gasteiger partial charge in [0, 0.05) is 55.4 Å². The number of amides is 1. The van der Waals surface area contributed by atoms with Crippen LogP contribution in [0.15, 0.2) is 42.7 Å². The van der Waals surface area contributed by atoms with E-state index >= 15 is 0 Å². The summed E-state index contributed by atoms with van der Waals surface area (Å²) in [7, 11) is 4.26. The normalized spacial score (nSPS) is 17.1. The van der Waals surface area contributed by atoms with Gasteiger partial charge in [-0.2, -0.15) is 0 Å². The number of likely N-dealkylation sites (N-methyl/N-ethyl adjacent to an activating group) is 1. The molecule has 1 amide bonds. The molecule has 172 valence electrons. The molecule has 1 saturated carbocycles. The molecule has 1 aliphatic heterocycles. The van der Waals surface area contributed by atoms with Gasteiger partial charge in [0.2, 0.25) is 5.91 Å². The van der Waals surface area contributed by atoms with Crippen LogP contribution in [0.25, 0.3) is 22.0 Å². The molecule has 6 nitrogen and oxygen atoms in total. The number of hydrogen-bond donors (Lipinski definition) is 0. The van der Waals surface area contributed by atoms with E-state index in [4.69, 9.17) is 4.98 Å². The number of hydrogen-bond acceptors (Lipinski definition) is 5. The van der Waals surface area contributed by atoms with E-state index in [0.29, 0.717) is 6.04 Å². The van der Waals surface area contributed by atoms with Crippen molar-refractivity contribution in [3.8, 4) is 11.1 Å². The van der Waals surface area contributed by atoms with Crippen LogP contribution in [0.4, 0.5) is 11.5 Å². The lowest BCUT2D eigenvalue weighted by atomic mass is 10.0. The van der Waals surface area contributed by atoms with Gasteiger partial charge >= 0.3 is 0 Å². The highest BCUT2D eigenvalue weighted by atomic mass is 16.2. The Kier molecular flexibility index (Phi) is 5.79. The standard InChI is InChI=1S/C27H33N5O/c1-18-14-28-25-11-9-20(13-24(25)27(18)32(19(2)33)22-7-5-6-8-22)21-10-12-26(29-15-21)31-16-23(17-31)30(3)4/h9-15,22-23H,5-8,16-17H2,1-4H3. The molecule has 3 heterocycles. The lowest BCUT2D eigenvalue weighted by Crippen LogP contribution is -2.57. The summed E-state index contributed by atoms with van der Waals surface area (Å²) < 4.78 is 0. The number of anilines is 2. The first kappa shape index (κ1) is 21.8. The molecule has 1 saturated heterocycles. The smallest absolute Gasteiger partial charge is 0.224 e. The van der Waals surface area contributed by atoms with Crippen LogP contribution in [0.1, 0.15) is 38.2 Å². The van der Waals surface area contributed by atoms with Crippen molar-refractivity contribution >= 4 is 28.3 Å². The van der Waals surface area contributed by atoms with Crippen LogP contribution in [-0.4, -0.2) is 60.0 Å². The monoisotopic (exact) mass is 443 g/mol. The van der Waals surface area contributed by atoms with E-state index in [1.807, 2.05) is 17.3 Å². The Morgan fingerprint density at radius 1 is 0.970 bits per heavy atom. The fraction of sp³-hybridized carbons (Fsp3) is 0.444. The Morgan fingerprint density at radius 2 is 1.70 bits per heavy atom. The third-order valence-electron chi connectivity index (χ3n) is 7.29. The second kappa shape index (κ2) is 8.75. The third-order valence-corrected chi connectivity index (χ3v) is 7.29. The van der Waals surface area contributed by atoms with Crippen LogP contribution in [0, 0.1) is 6.92 Å². The van der Waals surface area contributed by atoms with Gasteiger partial charge in [0.25, 0.3) is 0 Å². The van der Waals surface area contributed by atoms with Crippen LogP contribution in [0.3, 0.4) is 0 Å². The molecule has 0 atom stereocenters. The van der Waals surface area contributed by atoms with E-state index in [9.17, 15) is 4.79 Å². The van der Waals surface area contributed by atoms with Gasteiger partial charge in [0.05, 0.1) is 11.2 Å². The molecule has 0 N–H and O–H groups in total. The lowest BCUT2D eigenvalue weighted by Gasteiger charge is -2.43. The van der Waals surface area contributed by atoms with E-state index in [1.54, 1.807) is 6.92 Å². The van der Waals surface area contributed by atoms with Gasteiger partial charge in [0.15, 0.2) is 0 Å². The van der Waals surface area contributed by atoms with E-state index in [1.165, 1.54) is 12.8 Å². The van der Waals surface area contributed by atoms with Crippen molar-refractivity contribution in [3.63, 3.8) is 0 Å². The third kappa shape index (κ3) is 4.08. The Labute approximate surface area is 196 Å². The molecule has 1 aliphatic carbocycles. The average molecular weight is 444 g/mol. The number of benzene rings is 1. The zero-order valence-corrected chi connectivity index (χ0v) is 20.1. The second-order valence-electron chi connectivity index (χ2n) is 9.78. The fourth-order valence-corrected chi connectivity index (χ4v) is 5.25. The summed E-state index contributed by atoms with van der Waals surface area (Å²) in [5.74, 6) is 1.14. The molecular weight excluding hydrogens is 410 g/mol. The highest BCUT2D eigenvalue weighted by molar-refractivity contribution is 6.04. The summed E-state index contributed by atoms with van der Waals surface area (Å²) in [5, 5.41) is 1.04. The zero-order chi connectivity index (χ0) is 23.1. The van der Waals surface area contributed by atoms with Gasteiger partial charge in [-0.3, -0.25) is 9.78 Å². The number of fused-ring (bicyclic) bond motifs is 1. The summed E-state index contributed by atoms with van der Waals surface area (Å²) >= 11 is 0. The molecule has 0 radical (unpaired) electrons. The topological polar surface area (TPSA) is 52.6 Å². The number of aromatic nitrogens is 2. The van der Waals surface area contributed by atoms with E-state index in [0.717, 1.165) is 65.0 Å². The van der Waals surface area contributed by atoms with E-state index < -0.39 is 0 Å². The van der Waals surface area contributed by atoms with Crippen molar-refractivity contribution in [2.45, 2.75) is 51.6 Å². The second-order valence-corrected chi connectivity index (χ2v) is 9.78. The summed E-state index contributed by atoms with van der Waals surface area (Å²) in [5.41, 5.74) is 5.15. The maximum atomic E-state index is 12.8. The predicted octanol–water partition coefficient (Wildman–Crippen LogP) is 4.65. The molecule has 33 heavy (non-hydrogen) atoms. The molecule has 1 aromatic carbocycles. The van der Waals surface area contributed by atoms with Crippen molar-refractivity contribution in [1.29, 1.82) is 0 Å². The summed E-state index contributed by atoms with van der Waals surface area (Å²) in [6, 6.07) is 11.5. The van der Waals surface area contributed by atoms with Crippen LogP contribution in [0.5, 0.6) is 0 Å². The molecule has 2 aromatic heterocycles. The molecule has 2 fully saturated rings. The molecule has 5 rings (SSSR count). The van der Waals surface area contributed by atoms with Crippen LogP contribution in [0.2, 0.25) is 0 Å².